The van der Waals surface area contributed by atoms with Crippen molar-refractivity contribution in [2.45, 2.75) is 39.2 Å². The van der Waals surface area contributed by atoms with E-state index < -0.39 is 0 Å². The second kappa shape index (κ2) is 6.06. The zero-order chi connectivity index (χ0) is 12.9. The number of rotatable bonds is 5. The summed E-state index contributed by atoms with van der Waals surface area (Å²) in [5.41, 5.74) is 1.59. The van der Waals surface area contributed by atoms with Gasteiger partial charge in [0, 0.05) is 11.4 Å². The number of halogens is 1. The topological polar surface area (TPSA) is 29.1 Å². The third kappa shape index (κ3) is 3.74. The van der Waals surface area contributed by atoms with Crippen LogP contribution in [0.15, 0.2) is 24.3 Å². The molecule has 94 valence electrons. The van der Waals surface area contributed by atoms with Crippen LogP contribution in [0, 0.1) is 0 Å². The van der Waals surface area contributed by atoms with E-state index in [9.17, 15) is 4.79 Å². The van der Waals surface area contributed by atoms with Gasteiger partial charge in [0.25, 0.3) is 5.91 Å². The van der Waals surface area contributed by atoms with Crippen molar-refractivity contribution in [2.24, 2.45) is 0 Å². The molecule has 0 fully saturated rings. The zero-order valence-corrected chi connectivity index (χ0v) is 11.5. The van der Waals surface area contributed by atoms with Gasteiger partial charge in [-0.15, -0.1) is 11.6 Å². The first-order chi connectivity index (χ1) is 8.04. The fraction of sp³-hybridized carbons (Fsp3) is 0.500. The largest absolute Gasteiger partial charge is 0.346 e. The van der Waals surface area contributed by atoms with Crippen molar-refractivity contribution in [1.82, 2.24) is 5.32 Å². The highest BCUT2D eigenvalue weighted by molar-refractivity contribution is 6.18. The first-order valence-electron chi connectivity index (χ1n) is 6.02. The zero-order valence-electron chi connectivity index (χ0n) is 10.7. The molecule has 0 bridgehead atoms. The standard InChI is InChI=1S/C14H20ClNO/c1-4-11-6-8-12(9-7-11)13(17)16-14(3,5-2)10-15/h6-9H,4-5,10H2,1-3H3,(H,16,17). The van der Waals surface area contributed by atoms with Crippen LogP contribution in [0.5, 0.6) is 0 Å². The SMILES string of the molecule is CCc1ccc(C(=O)NC(C)(CC)CCl)cc1. The number of hydrogen-bond acceptors (Lipinski definition) is 1. The third-order valence-electron chi connectivity index (χ3n) is 3.11. The van der Waals surface area contributed by atoms with Crippen LogP contribution in [0.25, 0.3) is 0 Å². The molecule has 1 aromatic carbocycles. The van der Waals surface area contributed by atoms with E-state index in [4.69, 9.17) is 11.6 Å². The van der Waals surface area contributed by atoms with Crippen LogP contribution < -0.4 is 5.32 Å². The Balaban J connectivity index is 2.75. The number of benzene rings is 1. The van der Waals surface area contributed by atoms with Crippen molar-refractivity contribution in [1.29, 1.82) is 0 Å². The van der Waals surface area contributed by atoms with Crippen molar-refractivity contribution in [3.05, 3.63) is 35.4 Å². The Kier molecular flexibility index (Phi) is 5.01. The summed E-state index contributed by atoms with van der Waals surface area (Å²) in [6.07, 6.45) is 1.80. The van der Waals surface area contributed by atoms with E-state index in [1.807, 2.05) is 38.1 Å². The van der Waals surface area contributed by atoms with E-state index in [0.717, 1.165) is 12.8 Å². The van der Waals surface area contributed by atoms with Crippen molar-refractivity contribution >= 4 is 17.5 Å². The second-order valence-electron chi connectivity index (χ2n) is 4.55. The quantitative estimate of drug-likeness (QED) is 0.801. The molecule has 2 nitrogen and oxygen atoms in total. The molecule has 1 atom stereocenters. The lowest BCUT2D eigenvalue weighted by Crippen LogP contribution is -2.47. The van der Waals surface area contributed by atoms with Gasteiger partial charge in [-0.2, -0.15) is 0 Å². The molecule has 0 saturated carbocycles. The Labute approximate surface area is 108 Å². The van der Waals surface area contributed by atoms with E-state index in [2.05, 4.69) is 12.2 Å². The molecule has 1 unspecified atom stereocenters. The maximum absolute atomic E-state index is 12.0. The first-order valence-corrected chi connectivity index (χ1v) is 6.55. The van der Waals surface area contributed by atoms with Gasteiger partial charge in [0.2, 0.25) is 0 Å². The van der Waals surface area contributed by atoms with Crippen LogP contribution in [-0.2, 0) is 6.42 Å². The van der Waals surface area contributed by atoms with Crippen LogP contribution in [0.4, 0.5) is 0 Å². The van der Waals surface area contributed by atoms with Gasteiger partial charge in [0.1, 0.15) is 0 Å². The smallest absolute Gasteiger partial charge is 0.251 e. The molecule has 17 heavy (non-hydrogen) atoms. The Morgan fingerprint density at radius 2 is 1.88 bits per heavy atom. The molecule has 0 aliphatic heterocycles. The van der Waals surface area contributed by atoms with Gasteiger partial charge in [-0.1, -0.05) is 26.0 Å². The number of aryl methyl sites for hydroxylation is 1. The Hall–Kier alpha value is -1.02. The fourth-order valence-electron chi connectivity index (χ4n) is 1.45. The summed E-state index contributed by atoms with van der Waals surface area (Å²) in [4.78, 5) is 12.0. The molecule has 0 saturated heterocycles. The molecule has 0 aromatic heterocycles. The van der Waals surface area contributed by atoms with Crippen LogP contribution in [0.3, 0.4) is 0 Å². The number of hydrogen-bond donors (Lipinski definition) is 1. The molecule has 0 spiro atoms. The minimum Gasteiger partial charge on any atom is -0.346 e. The average Bonchev–Trinajstić information content (AvgIpc) is 2.38. The highest BCUT2D eigenvalue weighted by Gasteiger charge is 2.23. The number of carbonyl (C=O) groups is 1. The van der Waals surface area contributed by atoms with Crippen LogP contribution in [-0.4, -0.2) is 17.3 Å². The molecule has 1 N–H and O–H groups in total. The minimum absolute atomic E-state index is 0.0577. The predicted octanol–water partition coefficient (Wildman–Crippen LogP) is 3.39. The van der Waals surface area contributed by atoms with Gasteiger partial charge in [-0.3, -0.25) is 4.79 Å². The number of alkyl halides is 1. The maximum atomic E-state index is 12.0. The van der Waals surface area contributed by atoms with Crippen LogP contribution >= 0.6 is 11.6 Å². The van der Waals surface area contributed by atoms with Crippen LogP contribution in [0.1, 0.15) is 43.1 Å². The number of nitrogens with one attached hydrogen (secondary N) is 1. The molecule has 0 aliphatic rings. The summed E-state index contributed by atoms with van der Waals surface area (Å²) < 4.78 is 0. The maximum Gasteiger partial charge on any atom is 0.251 e. The Morgan fingerprint density at radius 3 is 2.29 bits per heavy atom. The lowest BCUT2D eigenvalue weighted by molar-refractivity contribution is 0.0912. The van der Waals surface area contributed by atoms with Crippen molar-refractivity contribution in [3.8, 4) is 0 Å². The highest BCUT2D eigenvalue weighted by Crippen LogP contribution is 2.13. The molecule has 3 heteroatoms. The Morgan fingerprint density at radius 1 is 1.29 bits per heavy atom. The van der Waals surface area contributed by atoms with E-state index in [0.29, 0.717) is 11.4 Å². The fourth-order valence-corrected chi connectivity index (χ4v) is 1.71. The van der Waals surface area contributed by atoms with Crippen molar-refractivity contribution in [3.63, 3.8) is 0 Å². The summed E-state index contributed by atoms with van der Waals surface area (Å²) in [5, 5.41) is 2.98. The predicted molar refractivity (Wildman–Crippen MR) is 72.7 cm³/mol. The average molecular weight is 254 g/mol. The van der Waals surface area contributed by atoms with E-state index >= 15 is 0 Å². The van der Waals surface area contributed by atoms with Gasteiger partial charge >= 0.3 is 0 Å². The Bertz CT molecular complexity index is 368. The lowest BCUT2D eigenvalue weighted by Gasteiger charge is -2.27. The normalized spacial score (nSPS) is 14.1. The molecule has 1 rings (SSSR count). The van der Waals surface area contributed by atoms with Gasteiger partial charge in [0.05, 0.1) is 5.54 Å². The summed E-state index contributed by atoms with van der Waals surface area (Å²) in [6, 6.07) is 7.69. The van der Waals surface area contributed by atoms with Gasteiger partial charge in [0.15, 0.2) is 0 Å². The first kappa shape index (κ1) is 14.0. The molecular formula is C14H20ClNO. The lowest BCUT2D eigenvalue weighted by atomic mass is 10.0. The van der Waals surface area contributed by atoms with Crippen molar-refractivity contribution in [2.75, 3.05) is 5.88 Å². The molecule has 0 heterocycles. The molecule has 0 aliphatic carbocycles. The molecule has 1 aromatic rings. The van der Waals surface area contributed by atoms with Gasteiger partial charge < -0.3 is 5.32 Å². The van der Waals surface area contributed by atoms with Crippen molar-refractivity contribution < 1.29 is 4.79 Å². The molecular weight excluding hydrogens is 234 g/mol. The summed E-state index contributed by atoms with van der Waals surface area (Å²) in [7, 11) is 0. The monoisotopic (exact) mass is 253 g/mol. The summed E-state index contributed by atoms with van der Waals surface area (Å²) in [5.74, 6) is 0.361. The highest BCUT2D eigenvalue weighted by atomic mass is 35.5. The molecule has 0 radical (unpaired) electrons. The van der Waals surface area contributed by atoms with Gasteiger partial charge in [-0.25, -0.2) is 0 Å². The third-order valence-corrected chi connectivity index (χ3v) is 3.70. The van der Waals surface area contributed by atoms with Crippen LogP contribution in [0.2, 0.25) is 0 Å². The number of carbonyl (C=O) groups excluding carboxylic acids is 1. The minimum atomic E-state index is -0.331. The van der Waals surface area contributed by atoms with Gasteiger partial charge in [-0.05, 0) is 37.5 Å². The summed E-state index contributed by atoms with van der Waals surface area (Å²) in [6.45, 7) is 6.07. The number of amides is 1. The van der Waals surface area contributed by atoms with E-state index in [1.165, 1.54) is 5.56 Å². The van der Waals surface area contributed by atoms with E-state index in [1.54, 1.807) is 0 Å². The molecule has 1 amide bonds. The van der Waals surface area contributed by atoms with E-state index in [-0.39, 0.29) is 11.4 Å². The summed E-state index contributed by atoms with van der Waals surface area (Å²) >= 11 is 5.87. The second-order valence-corrected chi connectivity index (χ2v) is 4.82.